The van der Waals surface area contributed by atoms with Gasteiger partial charge in [-0.15, -0.1) is 0 Å². The summed E-state index contributed by atoms with van der Waals surface area (Å²) in [6.07, 6.45) is 0.692. The molecule has 0 unspecified atom stereocenters. The molecule has 0 atom stereocenters. The van der Waals surface area contributed by atoms with Crippen molar-refractivity contribution in [2.75, 3.05) is 13.2 Å². The molecule has 0 aliphatic rings. The van der Waals surface area contributed by atoms with Crippen molar-refractivity contribution in [3.05, 3.63) is 24.3 Å². The molecule has 1 rings (SSSR count). The highest BCUT2D eigenvalue weighted by atomic mass is 16.7. The van der Waals surface area contributed by atoms with Gasteiger partial charge in [0.05, 0.1) is 13.2 Å². The van der Waals surface area contributed by atoms with E-state index in [9.17, 15) is 9.59 Å². The number of rotatable bonds is 7. The van der Waals surface area contributed by atoms with E-state index in [0.29, 0.717) is 6.42 Å². The van der Waals surface area contributed by atoms with Gasteiger partial charge in [0.15, 0.2) is 11.5 Å². The smallest absolute Gasteiger partial charge is 0.434 e. The maximum absolute atomic E-state index is 11.5. The largest absolute Gasteiger partial charge is 0.513 e. The third-order valence-corrected chi connectivity index (χ3v) is 2.38. The molecule has 0 aliphatic heterocycles. The lowest BCUT2D eigenvalue weighted by Crippen LogP contribution is -2.14. The lowest BCUT2D eigenvalue weighted by Gasteiger charge is -2.10. The summed E-state index contributed by atoms with van der Waals surface area (Å²) < 4.78 is 19.7. The van der Waals surface area contributed by atoms with Crippen molar-refractivity contribution in [1.29, 1.82) is 0 Å². The van der Waals surface area contributed by atoms with Crippen molar-refractivity contribution in [2.45, 2.75) is 33.1 Å². The van der Waals surface area contributed by atoms with E-state index in [0.717, 1.165) is 12.8 Å². The van der Waals surface area contributed by atoms with Crippen LogP contribution in [0.5, 0.6) is 11.5 Å². The summed E-state index contributed by atoms with van der Waals surface area (Å²) in [5.41, 5.74) is 0. The Labute approximate surface area is 123 Å². The fraction of sp³-hybridized carbons (Fsp3) is 0.467. The molecule has 0 spiro atoms. The molecule has 0 saturated carbocycles. The number of para-hydroxylation sites is 2. The van der Waals surface area contributed by atoms with Crippen molar-refractivity contribution in [3.8, 4) is 11.5 Å². The van der Waals surface area contributed by atoms with Crippen molar-refractivity contribution in [1.82, 2.24) is 0 Å². The average Bonchev–Trinajstić information content (AvgIpc) is 2.47. The third kappa shape index (κ3) is 6.65. The average molecular weight is 296 g/mol. The topological polar surface area (TPSA) is 71.1 Å². The molecular formula is C15H20O6. The number of hydrogen-bond donors (Lipinski definition) is 0. The molecule has 0 heterocycles. The van der Waals surface area contributed by atoms with Crippen LogP contribution in [0.15, 0.2) is 24.3 Å². The molecule has 1 aromatic carbocycles. The zero-order chi connectivity index (χ0) is 15.5. The fourth-order valence-corrected chi connectivity index (χ4v) is 1.34. The van der Waals surface area contributed by atoms with Crippen LogP contribution in [-0.2, 0) is 9.47 Å². The van der Waals surface area contributed by atoms with Crippen LogP contribution in [0, 0.1) is 0 Å². The first-order chi connectivity index (χ1) is 10.2. The summed E-state index contributed by atoms with van der Waals surface area (Å²) >= 11 is 0. The number of benzene rings is 1. The van der Waals surface area contributed by atoms with Crippen LogP contribution in [0.1, 0.15) is 33.1 Å². The first kappa shape index (κ1) is 16.8. The first-order valence-corrected chi connectivity index (χ1v) is 6.95. The molecule has 6 nitrogen and oxygen atoms in total. The minimum Gasteiger partial charge on any atom is -0.434 e. The predicted molar refractivity (Wildman–Crippen MR) is 75.6 cm³/mol. The van der Waals surface area contributed by atoms with Gasteiger partial charge in [-0.3, -0.25) is 0 Å². The predicted octanol–water partition coefficient (Wildman–Crippen LogP) is 3.93. The summed E-state index contributed by atoms with van der Waals surface area (Å²) in [6.45, 7) is 4.41. The van der Waals surface area contributed by atoms with E-state index in [4.69, 9.17) is 18.9 Å². The van der Waals surface area contributed by atoms with Crippen LogP contribution < -0.4 is 9.47 Å². The van der Waals surface area contributed by atoms with Gasteiger partial charge >= 0.3 is 12.3 Å². The molecule has 0 saturated heterocycles. The standard InChI is InChI=1S/C15H20O6/c1-3-5-11-19-15(17)21-13-9-7-6-8-12(13)20-14(16)18-10-4-2/h6-9H,3-5,10-11H2,1-2H3. The van der Waals surface area contributed by atoms with Gasteiger partial charge in [0, 0.05) is 0 Å². The molecular weight excluding hydrogens is 276 g/mol. The van der Waals surface area contributed by atoms with Crippen LogP contribution in [-0.4, -0.2) is 25.5 Å². The summed E-state index contributed by atoms with van der Waals surface area (Å²) in [6, 6.07) is 6.31. The molecule has 21 heavy (non-hydrogen) atoms. The number of unbranched alkanes of at least 4 members (excludes halogenated alkanes) is 1. The van der Waals surface area contributed by atoms with Gasteiger partial charge < -0.3 is 18.9 Å². The molecule has 6 heteroatoms. The molecule has 116 valence electrons. The van der Waals surface area contributed by atoms with E-state index >= 15 is 0 Å². The summed E-state index contributed by atoms with van der Waals surface area (Å²) in [5.74, 6) is 0.207. The Morgan fingerprint density at radius 3 is 1.86 bits per heavy atom. The van der Waals surface area contributed by atoms with E-state index in [1.54, 1.807) is 12.1 Å². The Balaban J connectivity index is 2.58. The summed E-state index contributed by atoms with van der Waals surface area (Å²) in [5, 5.41) is 0. The van der Waals surface area contributed by atoms with Crippen LogP contribution in [0.4, 0.5) is 9.59 Å². The van der Waals surface area contributed by atoms with Crippen molar-refractivity contribution in [2.24, 2.45) is 0 Å². The minimum absolute atomic E-state index is 0.103. The quantitative estimate of drug-likeness (QED) is 0.431. The zero-order valence-corrected chi connectivity index (χ0v) is 12.3. The van der Waals surface area contributed by atoms with Gasteiger partial charge in [-0.2, -0.15) is 0 Å². The second kappa shape index (κ2) is 9.63. The lowest BCUT2D eigenvalue weighted by atomic mass is 10.3. The highest BCUT2D eigenvalue weighted by Crippen LogP contribution is 2.27. The molecule has 0 amide bonds. The summed E-state index contributed by atoms with van der Waals surface area (Å²) in [4.78, 5) is 22.9. The van der Waals surface area contributed by atoms with Crippen molar-refractivity contribution < 1.29 is 28.5 Å². The second-order valence-corrected chi connectivity index (χ2v) is 4.20. The van der Waals surface area contributed by atoms with Gasteiger partial charge in [-0.1, -0.05) is 32.4 Å². The SMILES string of the molecule is CCCCOC(=O)Oc1ccccc1OC(=O)OCCC. The van der Waals surface area contributed by atoms with Crippen molar-refractivity contribution in [3.63, 3.8) is 0 Å². The minimum atomic E-state index is -0.841. The van der Waals surface area contributed by atoms with Gasteiger partial charge in [-0.05, 0) is 25.0 Å². The van der Waals surface area contributed by atoms with E-state index in [1.807, 2.05) is 13.8 Å². The first-order valence-electron chi connectivity index (χ1n) is 6.95. The van der Waals surface area contributed by atoms with E-state index < -0.39 is 12.3 Å². The van der Waals surface area contributed by atoms with Gasteiger partial charge in [0.1, 0.15) is 0 Å². The van der Waals surface area contributed by atoms with Gasteiger partial charge in [0.2, 0.25) is 0 Å². The van der Waals surface area contributed by atoms with Crippen LogP contribution in [0.2, 0.25) is 0 Å². The summed E-state index contributed by atoms with van der Waals surface area (Å²) in [7, 11) is 0. The Morgan fingerprint density at radius 1 is 0.857 bits per heavy atom. The number of carbonyl (C=O) groups excluding carboxylic acids is 2. The van der Waals surface area contributed by atoms with Gasteiger partial charge in [0.25, 0.3) is 0 Å². The van der Waals surface area contributed by atoms with Crippen LogP contribution in [0.3, 0.4) is 0 Å². The van der Waals surface area contributed by atoms with Gasteiger partial charge in [-0.25, -0.2) is 9.59 Å². The molecule has 0 fully saturated rings. The number of hydrogen-bond acceptors (Lipinski definition) is 6. The Kier molecular flexibility index (Phi) is 7.71. The van der Waals surface area contributed by atoms with E-state index in [1.165, 1.54) is 12.1 Å². The highest BCUT2D eigenvalue weighted by Gasteiger charge is 2.14. The lowest BCUT2D eigenvalue weighted by molar-refractivity contribution is 0.0887. The zero-order valence-electron chi connectivity index (χ0n) is 12.3. The fourth-order valence-electron chi connectivity index (χ4n) is 1.34. The highest BCUT2D eigenvalue weighted by molar-refractivity contribution is 5.68. The monoisotopic (exact) mass is 296 g/mol. The van der Waals surface area contributed by atoms with E-state index in [-0.39, 0.29) is 24.7 Å². The Morgan fingerprint density at radius 2 is 1.38 bits per heavy atom. The van der Waals surface area contributed by atoms with Crippen LogP contribution in [0.25, 0.3) is 0 Å². The molecule has 1 aromatic rings. The number of carbonyl (C=O) groups is 2. The Hall–Kier alpha value is -2.24. The maximum Gasteiger partial charge on any atom is 0.513 e. The number of ether oxygens (including phenoxy) is 4. The molecule has 0 N–H and O–H groups in total. The normalized spacial score (nSPS) is 9.81. The molecule has 0 aliphatic carbocycles. The van der Waals surface area contributed by atoms with Crippen LogP contribution >= 0.6 is 0 Å². The van der Waals surface area contributed by atoms with Crippen molar-refractivity contribution >= 4 is 12.3 Å². The van der Waals surface area contributed by atoms with E-state index in [2.05, 4.69) is 0 Å². The molecule has 0 radical (unpaired) electrons. The molecule has 0 aromatic heterocycles. The Bertz CT molecular complexity index is 457. The second-order valence-electron chi connectivity index (χ2n) is 4.20. The third-order valence-electron chi connectivity index (χ3n) is 2.38. The maximum atomic E-state index is 11.5. The molecule has 0 bridgehead atoms.